The third-order valence-electron chi connectivity index (χ3n) is 5.07. The molecule has 2 heterocycles. The second-order valence-corrected chi connectivity index (χ2v) is 10.2. The predicted octanol–water partition coefficient (Wildman–Crippen LogP) is 4.01. The van der Waals surface area contributed by atoms with Crippen molar-refractivity contribution in [3.05, 3.63) is 75.7 Å². The fourth-order valence-electron chi connectivity index (χ4n) is 3.50. The van der Waals surface area contributed by atoms with E-state index in [4.69, 9.17) is 0 Å². The van der Waals surface area contributed by atoms with Crippen LogP contribution in [0.2, 0.25) is 0 Å². The van der Waals surface area contributed by atoms with Gasteiger partial charge in [-0.15, -0.1) is 21.5 Å². The Labute approximate surface area is 170 Å². The second-order valence-electron chi connectivity index (χ2n) is 7.21. The van der Waals surface area contributed by atoms with Gasteiger partial charge in [0.1, 0.15) is 10.0 Å². The zero-order valence-corrected chi connectivity index (χ0v) is 17.4. The molecule has 4 rings (SSSR count). The lowest BCUT2D eigenvalue weighted by atomic mass is 10.0. The minimum atomic E-state index is -3.47. The maximum absolute atomic E-state index is 13.0. The van der Waals surface area contributed by atoms with E-state index in [0.717, 1.165) is 34.8 Å². The summed E-state index contributed by atoms with van der Waals surface area (Å²) in [5.74, 6) is 0.107. The van der Waals surface area contributed by atoms with Gasteiger partial charge < -0.3 is 0 Å². The quantitative estimate of drug-likeness (QED) is 0.634. The first-order valence-corrected chi connectivity index (χ1v) is 11.7. The first-order chi connectivity index (χ1) is 13.5. The van der Waals surface area contributed by atoms with Crippen LogP contribution in [0.1, 0.15) is 39.9 Å². The highest BCUT2D eigenvalue weighted by Crippen LogP contribution is 2.32. The number of hydrogen-bond acceptors (Lipinski definition) is 5. The summed E-state index contributed by atoms with van der Waals surface area (Å²) in [5, 5.41) is 10.6. The Balaban J connectivity index is 1.49. The molecular formula is C21H23N3O2S2. The summed E-state index contributed by atoms with van der Waals surface area (Å²) in [6.07, 6.45) is 2.54. The molecule has 1 unspecified atom stereocenters. The van der Waals surface area contributed by atoms with Gasteiger partial charge in [-0.3, -0.25) is 0 Å². The average molecular weight is 414 g/mol. The minimum Gasteiger partial charge on any atom is -0.207 e. The van der Waals surface area contributed by atoms with Crippen LogP contribution < -0.4 is 0 Å². The summed E-state index contributed by atoms with van der Waals surface area (Å²) < 4.78 is 27.6. The van der Waals surface area contributed by atoms with Crippen LogP contribution in [0.3, 0.4) is 0 Å². The summed E-state index contributed by atoms with van der Waals surface area (Å²) in [4.78, 5) is 0.362. The number of aryl methyl sites for hydroxylation is 1. The van der Waals surface area contributed by atoms with E-state index in [2.05, 4.69) is 22.3 Å². The molecule has 0 bridgehead atoms. The maximum atomic E-state index is 13.0. The summed E-state index contributed by atoms with van der Waals surface area (Å²) in [6.45, 7) is 2.98. The Bertz CT molecular complexity index is 1030. The van der Waals surface area contributed by atoms with Gasteiger partial charge in [-0.2, -0.15) is 4.31 Å². The third kappa shape index (κ3) is 4.16. The largest absolute Gasteiger partial charge is 0.243 e. The molecule has 5 nitrogen and oxygen atoms in total. The topological polar surface area (TPSA) is 63.2 Å². The molecule has 3 aromatic rings. The number of hydrogen-bond donors (Lipinski definition) is 0. The van der Waals surface area contributed by atoms with Crippen LogP contribution in [0.5, 0.6) is 0 Å². The van der Waals surface area contributed by atoms with Crippen molar-refractivity contribution in [1.29, 1.82) is 0 Å². The van der Waals surface area contributed by atoms with Crippen LogP contribution in [-0.4, -0.2) is 36.0 Å². The Morgan fingerprint density at radius 1 is 1.07 bits per heavy atom. The Kier molecular flexibility index (Phi) is 5.57. The highest BCUT2D eigenvalue weighted by Gasteiger charge is 2.32. The zero-order chi connectivity index (χ0) is 19.6. The molecule has 1 fully saturated rings. The van der Waals surface area contributed by atoms with Crippen molar-refractivity contribution in [3.63, 3.8) is 0 Å². The van der Waals surface area contributed by atoms with E-state index >= 15 is 0 Å². The predicted molar refractivity (Wildman–Crippen MR) is 111 cm³/mol. The number of piperidine rings is 1. The van der Waals surface area contributed by atoms with Crippen LogP contribution in [0.4, 0.5) is 0 Å². The van der Waals surface area contributed by atoms with Crippen molar-refractivity contribution < 1.29 is 8.42 Å². The van der Waals surface area contributed by atoms with Crippen molar-refractivity contribution in [2.45, 2.75) is 37.0 Å². The number of sulfonamides is 1. The molecule has 1 aliphatic rings. The highest BCUT2D eigenvalue weighted by molar-refractivity contribution is 7.89. The van der Waals surface area contributed by atoms with Crippen LogP contribution in [0, 0.1) is 6.92 Å². The van der Waals surface area contributed by atoms with Crippen LogP contribution in [-0.2, 0) is 16.4 Å². The summed E-state index contributed by atoms with van der Waals surface area (Å²) in [7, 11) is -3.47. The molecule has 0 aliphatic carbocycles. The van der Waals surface area contributed by atoms with Gasteiger partial charge in [-0.1, -0.05) is 48.0 Å². The van der Waals surface area contributed by atoms with E-state index in [-0.39, 0.29) is 5.92 Å². The Morgan fingerprint density at radius 3 is 2.57 bits per heavy atom. The lowest BCUT2D eigenvalue weighted by molar-refractivity contribution is 0.314. The summed E-state index contributed by atoms with van der Waals surface area (Å²) >= 11 is 1.60. The molecule has 1 atom stereocenters. The maximum Gasteiger partial charge on any atom is 0.243 e. The minimum absolute atomic E-state index is 0.107. The van der Waals surface area contributed by atoms with Crippen molar-refractivity contribution in [2.75, 3.05) is 13.1 Å². The van der Waals surface area contributed by atoms with E-state index in [0.29, 0.717) is 18.0 Å². The Morgan fingerprint density at radius 2 is 1.82 bits per heavy atom. The third-order valence-corrected chi connectivity index (χ3v) is 8.04. The molecule has 7 heteroatoms. The van der Waals surface area contributed by atoms with E-state index < -0.39 is 10.0 Å². The van der Waals surface area contributed by atoms with Crippen molar-refractivity contribution >= 4 is 21.4 Å². The second kappa shape index (κ2) is 8.11. The van der Waals surface area contributed by atoms with Crippen molar-refractivity contribution in [1.82, 2.24) is 14.5 Å². The first-order valence-electron chi connectivity index (χ1n) is 9.45. The van der Waals surface area contributed by atoms with Gasteiger partial charge in [0.05, 0.1) is 4.90 Å². The van der Waals surface area contributed by atoms with Gasteiger partial charge in [0, 0.05) is 25.4 Å². The number of nitrogens with zero attached hydrogens (tertiary/aromatic N) is 3. The molecule has 1 saturated heterocycles. The van der Waals surface area contributed by atoms with Crippen molar-refractivity contribution in [2.24, 2.45) is 0 Å². The van der Waals surface area contributed by atoms with Gasteiger partial charge in [-0.25, -0.2) is 8.42 Å². The molecule has 1 aliphatic heterocycles. The van der Waals surface area contributed by atoms with E-state index in [1.54, 1.807) is 27.8 Å². The molecule has 0 amide bonds. The van der Waals surface area contributed by atoms with Crippen LogP contribution in [0.15, 0.2) is 59.5 Å². The fraction of sp³-hybridized carbons (Fsp3) is 0.333. The number of aromatic nitrogens is 2. The first kappa shape index (κ1) is 19.2. The van der Waals surface area contributed by atoms with Gasteiger partial charge >= 0.3 is 0 Å². The molecule has 28 heavy (non-hydrogen) atoms. The molecule has 146 valence electrons. The molecule has 0 N–H and O–H groups in total. The highest BCUT2D eigenvalue weighted by atomic mass is 32.2. The lowest BCUT2D eigenvalue weighted by Gasteiger charge is -2.30. The van der Waals surface area contributed by atoms with E-state index in [1.165, 1.54) is 5.56 Å². The van der Waals surface area contributed by atoms with Gasteiger partial charge in [0.25, 0.3) is 0 Å². The average Bonchev–Trinajstić information content (AvgIpc) is 3.18. The molecule has 2 aromatic carbocycles. The van der Waals surface area contributed by atoms with Crippen LogP contribution >= 0.6 is 11.3 Å². The molecular weight excluding hydrogens is 390 g/mol. The monoisotopic (exact) mass is 413 g/mol. The smallest absolute Gasteiger partial charge is 0.207 e. The van der Waals surface area contributed by atoms with E-state index in [1.807, 2.05) is 37.3 Å². The fourth-order valence-corrected chi connectivity index (χ4v) is 6.02. The number of rotatable bonds is 5. The standard InChI is InChI=1S/C21H23N3O2S2/c1-16-9-11-19(12-10-16)28(25,26)24-13-5-8-18(15-24)21-23-22-20(27-21)14-17-6-3-2-4-7-17/h2-4,6-7,9-12,18H,5,8,13-15H2,1H3. The Hall–Kier alpha value is -2.09. The summed E-state index contributed by atoms with van der Waals surface area (Å²) in [5.41, 5.74) is 2.26. The lowest BCUT2D eigenvalue weighted by Crippen LogP contribution is -2.39. The molecule has 0 saturated carbocycles. The molecule has 0 spiro atoms. The van der Waals surface area contributed by atoms with Gasteiger partial charge in [0.15, 0.2) is 0 Å². The van der Waals surface area contributed by atoms with Gasteiger partial charge in [0.2, 0.25) is 10.0 Å². The van der Waals surface area contributed by atoms with Crippen molar-refractivity contribution in [3.8, 4) is 0 Å². The molecule has 1 aromatic heterocycles. The summed E-state index contributed by atoms with van der Waals surface area (Å²) in [6, 6.07) is 17.3. The van der Waals surface area contributed by atoms with Crippen LogP contribution in [0.25, 0.3) is 0 Å². The number of benzene rings is 2. The molecule has 0 radical (unpaired) electrons. The SMILES string of the molecule is Cc1ccc(S(=O)(=O)N2CCCC(c3nnc(Cc4ccccc4)s3)C2)cc1. The van der Waals surface area contributed by atoms with E-state index in [9.17, 15) is 8.42 Å². The normalized spacial score (nSPS) is 18.2. The van der Waals surface area contributed by atoms with Gasteiger partial charge in [-0.05, 0) is 37.5 Å². The zero-order valence-electron chi connectivity index (χ0n) is 15.8.